The predicted octanol–water partition coefficient (Wildman–Crippen LogP) is 4.29. The average Bonchev–Trinajstić information content (AvgIpc) is 2.74. The van der Waals surface area contributed by atoms with Gasteiger partial charge in [-0.3, -0.25) is 14.4 Å². The van der Waals surface area contributed by atoms with Crippen molar-refractivity contribution < 1.29 is 22.9 Å². The third-order valence-corrected chi connectivity index (χ3v) is 6.31. The zero-order valence-electron chi connectivity index (χ0n) is 15.6. The Hall–Kier alpha value is -3.43. The summed E-state index contributed by atoms with van der Waals surface area (Å²) in [5, 5.41) is 10.6. The second-order valence-corrected chi connectivity index (χ2v) is 8.47. The van der Waals surface area contributed by atoms with Gasteiger partial charge in [0.1, 0.15) is 5.75 Å². The molecule has 0 saturated heterocycles. The number of rotatable bonds is 6. The number of carbonyl (C=O) groups is 1. The third kappa shape index (κ3) is 4.42. The molecule has 3 aromatic rings. The number of esters is 1. The van der Waals surface area contributed by atoms with Gasteiger partial charge in [0, 0.05) is 19.2 Å². The van der Waals surface area contributed by atoms with E-state index in [-0.39, 0.29) is 26.9 Å². The number of ether oxygens (including phenoxy) is 1. The van der Waals surface area contributed by atoms with Crippen molar-refractivity contribution >= 4 is 39.0 Å². The molecule has 30 heavy (non-hydrogen) atoms. The van der Waals surface area contributed by atoms with E-state index in [1.54, 1.807) is 18.2 Å². The quantitative estimate of drug-likeness (QED) is 0.242. The first-order valence-electron chi connectivity index (χ1n) is 8.50. The van der Waals surface area contributed by atoms with Crippen molar-refractivity contribution in [2.75, 3.05) is 11.4 Å². The highest BCUT2D eigenvalue weighted by Gasteiger charge is 2.21. The highest BCUT2D eigenvalue weighted by Crippen LogP contribution is 2.26. The Kier molecular flexibility index (Phi) is 6.04. The van der Waals surface area contributed by atoms with Crippen LogP contribution >= 0.6 is 11.6 Å². The first-order chi connectivity index (χ1) is 14.2. The lowest BCUT2D eigenvalue weighted by Crippen LogP contribution is -2.26. The standard InChI is InChI=1S/C20H15ClN2O6S/c1-22(30(27,28)17-5-3-2-4-6-17)14-7-10-16(11-8-14)29-20(24)18-12-9-15(23(25)26)13-19(18)21/h2-13H,1H3. The first-order valence-corrected chi connectivity index (χ1v) is 10.3. The minimum Gasteiger partial charge on any atom is -0.423 e. The van der Waals surface area contributed by atoms with Crippen LogP contribution in [-0.4, -0.2) is 26.4 Å². The third-order valence-electron chi connectivity index (χ3n) is 4.20. The Morgan fingerprint density at radius 3 is 2.23 bits per heavy atom. The van der Waals surface area contributed by atoms with Crippen LogP contribution in [0.4, 0.5) is 11.4 Å². The van der Waals surface area contributed by atoms with E-state index >= 15 is 0 Å². The second kappa shape index (κ2) is 8.52. The van der Waals surface area contributed by atoms with Crippen molar-refractivity contribution in [3.63, 3.8) is 0 Å². The lowest BCUT2D eigenvalue weighted by atomic mass is 10.2. The summed E-state index contributed by atoms with van der Waals surface area (Å²) >= 11 is 5.93. The van der Waals surface area contributed by atoms with Crippen LogP contribution in [0.15, 0.2) is 77.7 Å². The van der Waals surface area contributed by atoms with Crippen LogP contribution in [0.5, 0.6) is 5.75 Å². The Labute approximate surface area is 177 Å². The van der Waals surface area contributed by atoms with E-state index in [9.17, 15) is 23.3 Å². The van der Waals surface area contributed by atoms with E-state index in [0.717, 1.165) is 16.4 Å². The van der Waals surface area contributed by atoms with Crippen LogP contribution in [0.3, 0.4) is 0 Å². The smallest absolute Gasteiger partial charge is 0.345 e. The van der Waals surface area contributed by atoms with Gasteiger partial charge in [-0.15, -0.1) is 0 Å². The van der Waals surface area contributed by atoms with Gasteiger partial charge in [0.05, 0.1) is 26.1 Å². The Morgan fingerprint density at radius 2 is 1.67 bits per heavy atom. The van der Waals surface area contributed by atoms with Crippen LogP contribution in [0.25, 0.3) is 0 Å². The summed E-state index contributed by atoms with van der Waals surface area (Å²) < 4.78 is 31.7. The number of nitro groups is 1. The number of halogens is 1. The second-order valence-electron chi connectivity index (χ2n) is 6.09. The maximum Gasteiger partial charge on any atom is 0.345 e. The fourth-order valence-corrected chi connectivity index (χ4v) is 4.03. The molecule has 3 aromatic carbocycles. The number of hydrogen-bond donors (Lipinski definition) is 0. The van der Waals surface area contributed by atoms with E-state index in [0.29, 0.717) is 5.69 Å². The fraction of sp³-hybridized carbons (Fsp3) is 0.0500. The van der Waals surface area contributed by atoms with Crippen molar-refractivity contribution in [1.82, 2.24) is 0 Å². The van der Waals surface area contributed by atoms with E-state index in [4.69, 9.17) is 16.3 Å². The minimum absolute atomic E-state index is 0.0323. The zero-order valence-corrected chi connectivity index (χ0v) is 17.1. The van der Waals surface area contributed by atoms with Crippen molar-refractivity contribution in [2.45, 2.75) is 4.90 Å². The monoisotopic (exact) mass is 446 g/mol. The molecule has 0 fully saturated rings. The Balaban J connectivity index is 1.76. The van der Waals surface area contributed by atoms with Gasteiger partial charge in [0.25, 0.3) is 15.7 Å². The van der Waals surface area contributed by atoms with Crippen LogP contribution in [-0.2, 0) is 10.0 Å². The van der Waals surface area contributed by atoms with Gasteiger partial charge in [-0.05, 0) is 42.5 Å². The van der Waals surface area contributed by atoms with Crippen LogP contribution in [0.2, 0.25) is 5.02 Å². The molecule has 0 radical (unpaired) electrons. The number of nitrogens with zero attached hydrogens (tertiary/aromatic N) is 2. The molecule has 0 aliphatic heterocycles. The van der Waals surface area contributed by atoms with E-state index in [2.05, 4.69) is 0 Å². The van der Waals surface area contributed by atoms with Crippen molar-refractivity contribution in [3.05, 3.63) is 93.5 Å². The molecule has 10 heteroatoms. The largest absolute Gasteiger partial charge is 0.423 e. The molecule has 0 N–H and O–H groups in total. The van der Waals surface area contributed by atoms with Gasteiger partial charge in [-0.25, -0.2) is 13.2 Å². The van der Waals surface area contributed by atoms with Crippen LogP contribution in [0.1, 0.15) is 10.4 Å². The predicted molar refractivity (Wildman–Crippen MR) is 112 cm³/mol. The van der Waals surface area contributed by atoms with Gasteiger partial charge >= 0.3 is 5.97 Å². The number of non-ortho nitro benzene ring substituents is 1. The number of anilines is 1. The number of nitro benzene ring substituents is 1. The molecular weight excluding hydrogens is 432 g/mol. The van der Waals surface area contributed by atoms with Gasteiger partial charge in [-0.2, -0.15) is 0 Å². The highest BCUT2D eigenvalue weighted by atomic mass is 35.5. The van der Waals surface area contributed by atoms with E-state index < -0.39 is 20.9 Å². The van der Waals surface area contributed by atoms with Gasteiger partial charge in [0.2, 0.25) is 0 Å². The number of sulfonamides is 1. The molecular formula is C20H15ClN2O6S. The van der Waals surface area contributed by atoms with Crippen molar-refractivity contribution in [3.8, 4) is 5.75 Å². The van der Waals surface area contributed by atoms with Crippen LogP contribution < -0.4 is 9.04 Å². The van der Waals surface area contributed by atoms with Gasteiger partial charge < -0.3 is 4.74 Å². The number of hydrogen-bond acceptors (Lipinski definition) is 6. The van der Waals surface area contributed by atoms with Gasteiger partial charge in [0.15, 0.2) is 0 Å². The molecule has 0 unspecified atom stereocenters. The van der Waals surface area contributed by atoms with Crippen molar-refractivity contribution in [1.29, 1.82) is 0 Å². The summed E-state index contributed by atoms with van der Waals surface area (Å²) in [4.78, 5) is 22.6. The van der Waals surface area contributed by atoms with Crippen LogP contribution in [0, 0.1) is 10.1 Å². The molecule has 0 aliphatic carbocycles. The topological polar surface area (TPSA) is 107 Å². The number of benzene rings is 3. The first kappa shape index (κ1) is 21.3. The minimum atomic E-state index is -3.73. The Morgan fingerprint density at radius 1 is 1.03 bits per heavy atom. The molecule has 0 spiro atoms. The summed E-state index contributed by atoms with van der Waals surface area (Å²) in [6.07, 6.45) is 0. The molecule has 0 saturated carbocycles. The Bertz CT molecular complexity index is 1200. The van der Waals surface area contributed by atoms with E-state index in [1.165, 1.54) is 49.5 Å². The average molecular weight is 447 g/mol. The molecule has 0 aliphatic rings. The SMILES string of the molecule is CN(c1ccc(OC(=O)c2ccc([N+](=O)[O-])cc2Cl)cc1)S(=O)(=O)c1ccccc1. The zero-order chi connectivity index (χ0) is 21.9. The molecule has 0 atom stereocenters. The maximum atomic E-state index is 12.7. The summed E-state index contributed by atoms with van der Waals surface area (Å²) in [6, 6.07) is 17.2. The van der Waals surface area contributed by atoms with Gasteiger partial charge in [-0.1, -0.05) is 29.8 Å². The molecule has 154 valence electrons. The summed E-state index contributed by atoms with van der Waals surface area (Å²) in [7, 11) is -2.32. The highest BCUT2D eigenvalue weighted by molar-refractivity contribution is 7.92. The molecule has 3 rings (SSSR count). The lowest BCUT2D eigenvalue weighted by Gasteiger charge is -2.19. The molecule has 8 nitrogen and oxygen atoms in total. The lowest BCUT2D eigenvalue weighted by molar-refractivity contribution is -0.384. The molecule has 0 aromatic heterocycles. The number of carbonyl (C=O) groups excluding carboxylic acids is 1. The molecule has 0 bridgehead atoms. The normalized spacial score (nSPS) is 11.0. The van der Waals surface area contributed by atoms with E-state index in [1.807, 2.05) is 0 Å². The van der Waals surface area contributed by atoms with Crippen molar-refractivity contribution in [2.24, 2.45) is 0 Å². The fourth-order valence-electron chi connectivity index (χ4n) is 2.56. The molecule has 0 amide bonds. The molecule has 0 heterocycles. The maximum absolute atomic E-state index is 12.7. The summed E-state index contributed by atoms with van der Waals surface area (Å²) in [5.41, 5.74) is 0.0886. The summed E-state index contributed by atoms with van der Waals surface area (Å²) in [6.45, 7) is 0. The summed E-state index contributed by atoms with van der Waals surface area (Å²) in [5.74, 6) is -0.642.